The first-order chi connectivity index (χ1) is 10.4. The summed E-state index contributed by atoms with van der Waals surface area (Å²) < 4.78 is 7.53. The van der Waals surface area contributed by atoms with E-state index in [0.29, 0.717) is 16.9 Å². The molecule has 0 bridgehead atoms. The van der Waals surface area contributed by atoms with Crippen LogP contribution in [0, 0.1) is 29.6 Å². The van der Waals surface area contributed by atoms with Gasteiger partial charge in [0.1, 0.15) is 11.8 Å². The standard InChI is InChI=1S/C15H12N4O3/c1-9-6-10(7-16)4-5-12(9)22-14-11(8-17)13(20)18(2)15(21)19(14)3/h4-6H,1-3H3. The van der Waals surface area contributed by atoms with Crippen molar-refractivity contribution in [3.8, 4) is 23.8 Å². The highest BCUT2D eigenvalue weighted by molar-refractivity contribution is 5.45. The molecule has 0 radical (unpaired) electrons. The topological polar surface area (TPSA) is 101 Å². The second-order valence-corrected chi connectivity index (χ2v) is 4.69. The molecule has 7 nitrogen and oxygen atoms in total. The molecule has 0 saturated heterocycles. The van der Waals surface area contributed by atoms with Crippen LogP contribution in [0.4, 0.5) is 0 Å². The van der Waals surface area contributed by atoms with Gasteiger partial charge in [-0.1, -0.05) is 0 Å². The molecule has 2 rings (SSSR count). The molecule has 1 aromatic carbocycles. The Kier molecular flexibility index (Phi) is 3.83. The minimum Gasteiger partial charge on any atom is -0.439 e. The van der Waals surface area contributed by atoms with Crippen molar-refractivity contribution in [3.63, 3.8) is 0 Å². The van der Waals surface area contributed by atoms with E-state index in [0.717, 1.165) is 9.13 Å². The molecule has 22 heavy (non-hydrogen) atoms. The van der Waals surface area contributed by atoms with E-state index in [-0.39, 0.29) is 11.4 Å². The van der Waals surface area contributed by atoms with Crippen molar-refractivity contribution in [2.75, 3.05) is 0 Å². The number of ether oxygens (including phenoxy) is 1. The number of aromatic nitrogens is 2. The number of rotatable bonds is 2. The van der Waals surface area contributed by atoms with E-state index in [2.05, 4.69) is 0 Å². The van der Waals surface area contributed by atoms with Gasteiger partial charge < -0.3 is 4.74 Å². The lowest BCUT2D eigenvalue weighted by Crippen LogP contribution is -2.38. The van der Waals surface area contributed by atoms with Crippen molar-refractivity contribution >= 4 is 0 Å². The molecule has 1 heterocycles. The first-order valence-electron chi connectivity index (χ1n) is 6.29. The summed E-state index contributed by atoms with van der Waals surface area (Å²) >= 11 is 0. The molecule has 1 aromatic heterocycles. The zero-order valence-electron chi connectivity index (χ0n) is 12.2. The fourth-order valence-corrected chi connectivity index (χ4v) is 1.98. The molecular weight excluding hydrogens is 284 g/mol. The van der Waals surface area contributed by atoms with Crippen LogP contribution in [0.25, 0.3) is 0 Å². The van der Waals surface area contributed by atoms with E-state index >= 15 is 0 Å². The maximum atomic E-state index is 12.0. The molecule has 0 saturated carbocycles. The third kappa shape index (κ3) is 2.36. The van der Waals surface area contributed by atoms with Gasteiger partial charge >= 0.3 is 5.69 Å². The van der Waals surface area contributed by atoms with Gasteiger partial charge in [0.15, 0.2) is 5.56 Å². The number of aryl methyl sites for hydroxylation is 1. The van der Waals surface area contributed by atoms with Gasteiger partial charge in [-0.2, -0.15) is 10.5 Å². The van der Waals surface area contributed by atoms with Crippen molar-refractivity contribution in [1.29, 1.82) is 10.5 Å². The van der Waals surface area contributed by atoms with Gasteiger partial charge in [0.2, 0.25) is 5.88 Å². The maximum absolute atomic E-state index is 12.0. The summed E-state index contributed by atoms with van der Waals surface area (Å²) in [5.41, 5.74) is -0.454. The molecule has 110 valence electrons. The van der Waals surface area contributed by atoms with Gasteiger partial charge in [-0.3, -0.25) is 13.9 Å². The quantitative estimate of drug-likeness (QED) is 0.820. The van der Waals surface area contributed by atoms with Crippen LogP contribution in [0.2, 0.25) is 0 Å². The third-order valence-electron chi connectivity index (χ3n) is 3.23. The van der Waals surface area contributed by atoms with Crippen LogP contribution < -0.4 is 16.0 Å². The molecule has 7 heteroatoms. The Morgan fingerprint density at radius 2 is 1.77 bits per heavy atom. The van der Waals surface area contributed by atoms with Crippen LogP contribution in [-0.2, 0) is 14.1 Å². The Hall–Kier alpha value is -3.32. The zero-order valence-corrected chi connectivity index (χ0v) is 12.2. The highest BCUT2D eigenvalue weighted by Gasteiger charge is 2.18. The minimum atomic E-state index is -0.716. The lowest BCUT2D eigenvalue weighted by Gasteiger charge is -2.14. The highest BCUT2D eigenvalue weighted by atomic mass is 16.5. The average molecular weight is 296 g/mol. The molecule has 0 aliphatic heterocycles. The van der Waals surface area contributed by atoms with Gasteiger partial charge in [-0.25, -0.2) is 4.79 Å². The molecular formula is C15H12N4O3. The number of nitrogens with zero attached hydrogens (tertiary/aromatic N) is 4. The molecule has 0 atom stereocenters. The van der Waals surface area contributed by atoms with Crippen molar-refractivity contribution in [2.24, 2.45) is 14.1 Å². The minimum absolute atomic E-state index is 0.122. The number of benzene rings is 1. The van der Waals surface area contributed by atoms with Gasteiger partial charge in [0.25, 0.3) is 5.56 Å². The molecule has 0 aliphatic carbocycles. The summed E-state index contributed by atoms with van der Waals surface area (Å²) in [5.74, 6) is 0.238. The van der Waals surface area contributed by atoms with Crippen LogP contribution >= 0.6 is 0 Å². The zero-order chi connectivity index (χ0) is 16.4. The predicted molar refractivity (Wildman–Crippen MR) is 77.6 cm³/mol. The Labute approximate surface area is 125 Å². The van der Waals surface area contributed by atoms with Crippen LogP contribution in [0.5, 0.6) is 11.6 Å². The Balaban J connectivity index is 2.66. The first-order valence-corrected chi connectivity index (χ1v) is 6.29. The predicted octanol–water partition coefficient (Wildman–Crippen LogP) is 0.928. The van der Waals surface area contributed by atoms with Crippen LogP contribution in [0.3, 0.4) is 0 Å². The second kappa shape index (κ2) is 5.58. The van der Waals surface area contributed by atoms with E-state index in [1.165, 1.54) is 14.1 Å². The normalized spacial score (nSPS) is 9.86. The van der Waals surface area contributed by atoms with Crippen molar-refractivity contribution in [3.05, 3.63) is 55.7 Å². The van der Waals surface area contributed by atoms with E-state index in [4.69, 9.17) is 15.3 Å². The number of nitriles is 2. The molecule has 0 unspecified atom stereocenters. The first kappa shape index (κ1) is 15.1. The molecule has 2 aromatic rings. The largest absolute Gasteiger partial charge is 0.439 e. The molecule has 0 amide bonds. The third-order valence-corrected chi connectivity index (χ3v) is 3.23. The second-order valence-electron chi connectivity index (χ2n) is 4.69. The lowest BCUT2D eigenvalue weighted by molar-refractivity contribution is 0.418. The van der Waals surface area contributed by atoms with Gasteiger partial charge in [-0.15, -0.1) is 0 Å². The Morgan fingerprint density at radius 1 is 1.09 bits per heavy atom. The molecule has 0 fully saturated rings. The Morgan fingerprint density at radius 3 is 2.32 bits per heavy atom. The van der Waals surface area contributed by atoms with Crippen LogP contribution in [0.1, 0.15) is 16.7 Å². The van der Waals surface area contributed by atoms with Gasteiger partial charge in [-0.05, 0) is 30.7 Å². The SMILES string of the molecule is Cc1cc(C#N)ccc1Oc1c(C#N)c(=O)n(C)c(=O)n1C. The van der Waals surface area contributed by atoms with Crippen molar-refractivity contribution in [1.82, 2.24) is 9.13 Å². The summed E-state index contributed by atoms with van der Waals surface area (Å²) in [7, 11) is 2.71. The van der Waals surface area contributed by atoms with E-state index < -0.39 is 11.2 Å². The smallest absolute Gasteiger partial charge is 0.333 e. The summed E-state index contributed by atoms with van der Waals surface area (Å²) in [4.78, 5) is 23.9. The molecule has 0 N–H and O–H groups in total. The maximum Gasteiger partial charge on any atom is 0.333 e. The number of hydrogen-bond acceptors (Lipinski definition) is 5. The fraction of sp³-hybridized carbons (Fsp3) is 0.200. The van der Waals surface area contributed by atoms with Crippen molar-refractivity contribution < 1.29 is 4.74 Å². The molecule has 0 spiro atoms. The monoisotopic (exact) mass is 296 g/mol. The van der Waals surface area contributed by atoms with E-state index in [1.54, 1.807) is 31.2 Å². The molecule has 0 aliphatic rings. The van der Waals surface area contributed by atoms with Gasteiger partial charge in [0.05, 0.1) is 11.6 Å². The van der Waals surface area contributed by atoms with E-state index in [1.807, 2.05) is 6.07 Å². The van der Waals surface area contributed by atoms with Gasteiger partial charge in [0, 0.05) is 14.1 Å². The highest BCUT2D eigenvalue weighted by Crippen LogP contribution is 2.25. The number of hydrogen-bond donors (Lipinski definition) is 0. The average Bonchev–Trinajstić information content (AvgIpc) is 2.52. The summed E-state index contributed by atoms with van der Waals surface area (Å²) in [6.07, 6.45) is 0. The van der Waals surface area contributed by atoms with Crippen molar-refractivity contribution in [2.45, 2.75) is 6.92 Å². The van der Waals surface area contributed by atoms with E-state index in [9.17, 15) is 9.59 Å². The Bertz CT molecular complexity index is 955. The van der Waals surface area contributed by atoms with Crippen LogP contribution in [-0.4, -0.2) is 9.13 Å². The summed E-state index contributed by atoms with van der Waals surface area (Å²) in [6, 6.07) is 8.48. The van der Waals surface area contributed by atoms with Crippen LogP contribution in [0.15, 0.2) is 27.8 Å². The lowest BCUT2D eigenvalue weighted by atomic mass is 10.1. The fourth-order valence-electron chi connectivity index (χ4n) is 1.98. The summed E-state index contributed by atoms with van der Waals surface area (Å²) in [5, 5.41) is 18.0. The summed E-state index contributed by atoms with van der Waals surface area (Å²) in [6.45, 7) is 1.72.